The van der Waals surface area contributed by atoms with Crippen LogP contribution >= 0.6 is 30.8 Å². The van der Waals surface area contributed by atoms with Crippen molar-refractivity contribution >= 4 is 30.8 Å². The number of nitro groups is 1. The van der Waals surface area contributed by atoms with Crippen molar-refractivity contribution in [2.45, 2.75) is 0 Å². The molecule has 88 valence electrons. The molecule has 0 bridgehead atoms. The monoisotopic (exact) mass is 277 g/mol. The summed E-state index contributed by atoms with van der Waals surface area (Å²) in [6.45, 7) is -0.0493. The molecular formula is C6H10Cl2NO5P. The summed E-state index contributed by atoms with van der Waals surface area (Å²) in [7, 11) is -3.60. The van der Waals surface area contributed by atoms with Gasteiger partial charge in [0.2, 0.25) is 6.20 Å². The van der Waals surface area contributed by atoms with Crippen LogP contribution in [-0.4, -0.2) is 29.9 Å². The summed E-state index contributed by atoms with van der Waals surface area (Å²) < 4.78 is 21.2. The molecule has 0 amide bonds. The number of halogens is 2. The Kier molecular flexibility index (Phi) is 8.00. The molecule has 0 aliphatic rings. The van der Waals surface area contributed by atoms with Crippen molar-refractivity contribution in [2.24, 2.45) is 0 Å². The third-order valence-corrected chi connectivity index (χ3v) is 2.96. The molecule has 0 fully saturated rings. The Morgan fingerprint density at radius 1 is 1.27 bits per heavy atom. The van der Waals surface area contributed by atoms with Crippen LogP contribution in [0.25, 0.3) is 0 Å². The van der Waals surface area contributed by atoms with Gasteiger partial charge < -0.3 is 9.05 Å². The van der Waals surface area contributed by atoms with Gasteiger partial charge in [0, 0.05) is 11.8 Å². The first-order valence-corrected chi connectivity index (χ1v) is 6.56. The summed E-state index contributed by atoms with van der Waals surface area (Å²) in [5.41, 5.74) is 0. The molecule has 0 spiro atoms. The Hall–Kier alpha value is -0.130. The van der Waals surface area contributed by atoms with Gasteiger partial charge in [-0.2, -0.15) is 0 Å². The summed E-state index contributed by atoms with van der Waals surface area (Å²) in [6, 6.07) is 0. The van der Waals surface area contributed by atoms with E-state index in [1.807, 2.05) is 0 Å². The van der Waals surface area contributed by atoms with Gasteiger partial charge in [0.1, 0.15) is 0 Å². The summed E-state index contributed by atoms with van der Waals surface area (Å²) in [5, 5.41) is 10.0. The van der Waals surface area contributed by atoms with Crippen molar-refractivity contribution in [1.82, 2.24) is 0 Å². The topological polar surface area (TPSA) is 78.7 Å². The molecule has 0 atom stereocenters. The highest BCUT2D eigenvalue weighted by Crippen LogP contribution is 2.49. The van der Waals surface area contributed by atoms with Crippen molar-refractivity contribution in [3.05, 3.63) is 22.1 Å². The first-order valence-electron chi connectivity index (χ1n) is 3.87. The van der Waals surface area contributed by atoms with E-state index in [2.05, 4.69) is 0 Å². The molecule has 9 heteroatoms. The maximum Gasteiger partial charge on any atom is 0.360 e. The second-order valence-electron chi connectivity index (χ2n) is 2.17. The van der Waals surface area contributed by atoms with Crippen LogP contribution in [0.2, 0.25) is 0 Å². The Labute approximate surface area is 96.8 Å². The Morgan fingerprint density at radius 3 is 2.07 bits per heavy atom. The van der Waals surface area contributed by atoms with Gasteiger partial charge in [-0.05, 0) is 0 Å². The molecule has 0 heterocycles. The maximum absolute atomic E-state index is 11.7. The van der Waals surface area contributed by atoms with E-state index >= 15 is 0 Å². The molecule has 0 aromatic carbocycles. The zero-order chi connectivity index (χ0) is 11.7. The van der Waals surface area contributed by atoms with Gasteiger partial charge in [0.05, 0.1) is 24.0 Å². The molecule has 0 rings (SSSR count). The van der Waals surface area contributed by atoms with Gasteiger partial charge >= 0.3 is 7.60 Å². The lowest BCUT2D eigenvalue weighted by Crippen LogP contribution is -1.99. The Bertz CT molecular complexity index is 260. The van der Waals surface area contributed by atoms with Crippen molar-refractivity contribution in [3.8, 4) is 0 Å². The Balaban J connectivity index is 4.39. The minimum absolute atomic E-state index is 0.0246. The molecule has 15 heavy (non-hydrogen) atoms. The van der Waals surface area contributed by atoms with Crippen molar-refractivity contribution < 1.29 is 18.5 Å². The van der Waals surface area contributed by atoms with E-state index in [-0.39, 0.29) is 25.0 Å². The predicted octanol–water partition coefficient (Wildman–Crippen LogP) is 2.44. The molecular weight excluding hydrogens is 268 g/mol. The van der Waals surface area contributed by atoms with E-state index in [4.69, 9.17) is 32.2 Å². The normalized spacial score (nSPS) is 12.1. The van der Waals surface area contributed by atoms with E-state index in [9.17, 15) is 14.7 Å². The molecule has 0 aromatic heterocycles. The van der Waals surface area contributed by atoms with Crippen LogP contribution in [-0.2, 0) is 13.6 Å². The average Bonchev–Trinajstić information content (AvgIpc) is 2.21. The summed E-state index contributed by atoms with van der Waals surface area (Å²) >= 11 is 10.6. The lowest BCUT2D eigenvalue weighted by Gasteiger charge is -2.12. The van der Waals surface area contributed by atoms with E-state index in [0.717, 1.165) is 5.82 Å². The highest BCUT2D eigenvalue weighted by molar-refractivity contribution is 7.57. The fraction of sp³-hybridized carbons (Fsp3) is 0.667. The standard InChI is InChI=1S/C6H10Cl2NO5P/c7-1-4-13-15(12,14-5-2-8)6-3-9(10)11/h3,6H,1-2,4-5H2/b6-3+. The van der Waals surface area contributed by atoms with Crippen LogP contribution in [0, 0.1) is 10.1 Å². The number of alkyl halides is 2. The van der Waals surface area contributed by atoms with Crippen molar-refractivity contribution in [3.63, 3.8) is 0 Å². The number of hydrogen-bond donors (Lipinski definition) is 0. The van der Waals surface area contributed by atoms with Crippen LogP contribution < -0.4 is 0 Å². The molecule has 0 saturated heterocycles. The fourth-order valence-electron chi connectivity index (χ4n) is 0.583. The molecule has 0 aliphatic carbocycles. The minimum atomic E-state index is -3.60. The van der Waals surface area contributed by atoms with E-state index in [0.29, 0.717) is 6.20 Å². The molecule has 0 N–H and O–H groups in total. The number of rotatable bonds is 8. The van der Waals surface area contributed by atoms with E-state index < -0.39 is 12.5 Å². The van der Waals surface area contributed by atoms with E-state index in [1.54, 1.807) is 0 Å². The van der Waals surface area contributed by atoms with Gasteiger partial charge in [-0.1, -0.05) is 0 Å². The first kappa shape index (κ1) is 14.9. The highest BCUT2D eigenvalue weighted by atomic mass is 35.5. The summed E-state index contributed by atoms with van der Waals surface area (Å²) in [6.07, 6.45) is 0.503. The Morgan fingerprint density at radius 2 is 1.73 bits per heavy atom. The third kappa shape index (κ3) is 7.76. The van der Waals surface area contributed by atoms with Crippen LogP contribution in [0.5, 0.6) is 0 Å². The highest BCUT2D eigenvalue weighted by Gasteiger charge is 2.21. The molecule has 0 aromatic rings. The van der Waals surface area contributed by atoms with Gasteiger partial charge in [0.15, 0.2) is 0 Å². The zero-order valence-electron chi connectivity index (χ0n) is 7.67. The predicted molar refractivity (Wildman–Crippen MR) is 57.1 cm³/mol. The van der Waals surface area contributed by atoms with Crippen LogP contribution in [0.1, 0.15) is 0 Å². The van der Waals surface area contributed by atoms with Gasteiger partial charge in [-0.25, -0.2) is 0 Å². The molecule has 0 unspecified atom stereocenters. The van der Waals surface area contributed by atoms with Crippen molar-refractivity contribution in [1.29, 1.82) is 0 Å². The third-order valence-electron chi connectivity index (χ3n) is 1.07. The average molecular weight is 278 g/mol. The second kappa shape index (κ2) is 8.07. The second-order valence-corrected chi connectivity index (χ2v) is 4.82. The SMILES string of the molecule is O=[N+]([O-])/C=C/P(=O)(OCCCl)OCCCl. The molecule has 0 aliphatic heterocycles. The molecule has 0 saturated carbocycles. The quantitative estimate of drug-likeness (QED) is 0.295. The lowest BCUT2D eigenvalue weighted by atomic mass is 10.9. The number of hydrogen-bond acceptors (Lipinski definition) is 5. The van der Waals surface area contributed by atoms with Gasteiger partial charge in [0.25, 0.3) is 0 Å². The van der Waals surface area contributed by atoms with Crippen LogP contribution in [0.3, 0.4) is 0 Å². The number of nitrogens with zero attached hydrogens (tertiary/aromatic N) is 1. The van der Waals surface area contributed by atoms with E-state index in [1.165, 1.54) is 0 Å². The molecule has 6 nitrogen and oxygen atoms in total. The molecule has 0 radical (unpaired) electrons. The largest absolute Gasteiger partial charge is 0.360 e. The maximum atomic E-state index is 11.7. The summed E-state index contributed by atoms with van der Waals surface area (Å²) in [5.74, 6) is 0.993. The van der Waals surface area contributed by atoms with Crippen LogP contribution in [0.15, 0.2) is 12.0 Å². The van der Waals surface area contributed by atoms with Gasteiger partial charge in [-0.15, -0.1) is 23.2 Å². The zero-order valence-corrected chi connectivity index (χ0v) is 10.1. The smallest absolute Gasteiger partial charge is 0.304 e. The minimum Gasteiger partial charge on any atom is -0.304 e. The van der Waals surface area contributed by atoms with Gasteiger partial charge in [-0.3, -0.25) is 14.7 Å². The lowest BCUT2D eigenvalue weighted by molar-refractivity contribution is -0.402. The first-order chi connectivity index (χ1) is 7.04. The van der Waals surface area contributed by atoms with Crippen LogP contribution in [0.4, 0.5) is 0 Å². The van der Waals surface area contributed by atoms with Crippen molar-refractivity contribution in [2.75, 3.05) is 25.0 Å². The fourth-order valence-corrected chi connectivity index (χ4v) is 2.16. The summed E-state index contributed by atoms with van der Waals surface area (Å²) in [4.78, 5) is 9.26.